The SMILES string of the molecule is CC1CCC2(CC1)C1C(=O)N(c3ccccc3)C(=O)C1C1CCCN12. The molecule has 0 bridgehead atoms. The topological polar surface area (TPSA) is 40.6 Å². The molecule has 3 saturated heterocycles. The zero-order valence-electron chi connectivity index (χ0n) is 14.9. The lowest BCUT2D eigenvalue weighted by Gasteiger charge is -2.46. The molecule has 1 aromatic carbocycles. The third-order valence-electron chi connectivity index (χ3n) is 7.37. The number of fused-ring (bicyclic) bond motifs is 5. The second kappa shape index (κ2) is 5.41. The molecule has 0 radical (unpaired) electrons. The third-order valence-corrected chi connectivity index (χ3v) is 7.37. The van der Waals surface area contributed by atoms with Crippen LogP contribution in [-0.2, 0) is 9.59 Å². The zero-order valence-corrected chi connectivity index (χ0v) is 14.9. The lowest BCUT2D eigenvalue weighted by Crippen LogP contribution is -2.54. The highest BCUT2D eigenvalue weighted by Gasteiger charge is 2.69. The van der Waals surface area contributed by atoms with Gasteiger partial charge in [-0.25, -0.2) is 4.90 Å². The minimum Gasteiger partial charge on any atom is -0.293 e. The molecule has 1 spiro atoms. The molecule has 1 aliphatic carbocycles. The van der Waals surface area contributed by atoms with E-state index in [0.29, 0.717) is 0 Å². The quantitative estimate of drug-likeness (QED) is 0.738. The summed E-state index contributed by atoms with van der Waals surface area (Å²) in [6, 6.07) is 9.80. The number of carbonyl (C=O) groups is 2. The van der Waals surface area contributed by atoms with E-state index in [-0.39, 0.29) is 35.2 Å². The van der Waals surface area contributed by atoms with Crippen LogP contribution in [0.15, 0.2) is 30.3 Å². The van der Waals surface area contributed by atoms with Gasteiger partial charge in [0.15, 0.2) is 0 Å². The fraction of sp³-hybridized carbons (Fsp3) is 0.619. The molecule has 4 fully saturated rings. The van der Waals surface area contributed by atoms with Crippen LogP contribution in [0.3, 0.4) is 0 Å². The lowest BCUT2D eigenvalue weighted by atomic mass is 9.68. The summed E-state index contributed by atoms with van der Waals surface area (Å²) < 4.78 is 0. The van der Waals surface area contributed by atoms with Crippen LogP contribution in [0.2, 0.25) is 0 Å². The molecule has 0 aromatic heterocycles. The zero-order chi connectivity index (χ0) is 17.2. The van der Waals surface area contributed by atoms with Crippen molar-refractivity contribution in [3.8, 4) is 0 Å². The van der Waals surface area contributed by atoms with Crippen molar-refractivity contribution in [1.29, 1.82) is 0 Å². The Morgan fingerprint density at radius 3 is 2.44 bits per heavy atom. The largest absolute Gasteiger partial charge is 0.293 e. The molecule has 3 unspecified atom stereocenters. The van der Waals surface area contributed by atoms with Gasteiger partial charge in [-0.3, -0.25) is 14.5 Å². The Balaban J connectivity index is 1.58. The van der Waals surface area contributed by atoms with E-state index in [2.05, 4.69) is 11.8 Å². The first-order chi connectivity index (χ1) is 12.1. The van der Waals surface area contributed by atoms with Crippen LogP contribution in [0.4, 0.5) is 5.69 Å². The number of nitrogens with zero attached hydrogens (tertiary/aromatic N) is 2. The van der Waals surface area contributed by atoms with E-state index in [9.17, 15) is 9.59 Å². The highest BCUT2D eigenvalue weighted by molar-refractivity contribution is 6.23. The number of anilines is 1. The normalized spacial score (nSPS) is 40.8. The molecule has 0 N–H and O–H groups in total. The molecule has 3 aliphatic heterocycles. The van der Waals surface area contributed by atoms with Crippen molar-refractivity contribution in [2.75, 3.05) is 11.4 Å². The van der Waals surface area contributed by atoms with Gasteiger partial charge in [0.1, 0.15) is 0 Å². The summed E-state index contributed by atoms with van der Waals surface area (Å²) in [5, 5.41) is 0. The number of carbonyl (C=O) groups excluding carboxylic acids is 2. The average Bonchev–Trinajstić information content (AvgIpc) is 3.26. The molecule has 4 heteroatoms. The monoisotopic (exact) mass is 338 g/mol. The molecule has 3 atom stereocenters. The fourth-order valence-corrected chi connectivity index (χ4v) is 6.23. The maximum Gasteiger partial charge on any atom is 0.239 e. The summed E-state index contributed by atoms with van der Waals surface area (Å²) >= 11 is 0. The van der Waals surface area contributed by atoms with Crippen molar-refractivity contribution < 1.29 is 9.59 Å². The molecule has 132 valence electrons. The van der Waals surface area contributed by atoms with Crippen molar-refractivity contribution >= 4 is 17.5 Å². The smallest absolute Gasteiger partial charge is 0.239 e. The van der Waals surface area contributed by atoms with Gasteiger partial charge in [-0.1, -0.05) is 25.1 Å². The van der Waals surface area contributed by atoms with E-state index >= 15 is 0 Å². The van der Waals surface area contributed by atoms with Crippen LogP contribution < -0.4 is 4.90 Å². The summed E-state index contributed by atoms with van der Waals surface area (Å²) in [5.41, 5.74) is 0.685. The van der Waals surface area contributed by atoms with Crippen LogP contribution in [0, 0.1) is 17.8 Å². The van der Waals surface area contributed by atoms with Crippen LogP contribution in [-0.4, -0.2) is 34.8 Å². The van der Waals surface area contributed by atoms with Crippen LogP contribution in [0.25, 0.3) is 0 Å². The molecule has 5 rings (SSSR count). The summed E-state index contributed by atoms with van der Waals surface area (Å²) in [5.74, 6) is 0.600. The number of benzene rings is 1. The van der Waals surface area contributed by atoms with Crippen molar-refractivity contribution in [2.24, 2.45) is 17.8 Å². The first-order valence-electron chi connectivity index (χ1n) is 9.83. The first kappa shape index (κ1) is 15.6. The Kier molecular flexibility index (Phi) is 3.37. The Bertz CT molecular complexity index is 708. The predicted molar refractivity (Wildman–Crippen MR) is 96.0 cm³/mol. The minimum atomic E-state index is -0.127. The Hall–Kier alpha value is -1.68. The molecule has 4 nitrogen and oxygen atoms in total. The molecule has 3 heterocycles. The van der Waals surface area contributed by atoms with Gasteiger partial charge >= 0.3 is 0 Å². The standard InChI is InChI=1S/C21H26N2O2/c1-14-9-11-21(12-10-14)18-17(16-8-5-13-22(16)21)19(24)23(20(18)25)15-6-3-2-4-7-15/h2-4,6-7,14,16-18H,5,8-13H2,1H3. The van der Waals surface area contributed by atoms with Crippen LogP contribution in [0.5, 0.6) is 0 Å². The highest BCUT2D eigenvalue weighted by Crippen LogP contribution is 2.58. The molecular weight excluding hydrogens is 312 g/mol. The van der Waals surface area contributed by atoms with E-state index in [1.54, 1.807) is 0 Å². The minimum absolute atomic E-state index is 0.0496. The first-order valence-corrected chi connectivity index (χ1v) is 9.83. The van der Waals surface area contributed by atoms with E-state index in [0.717, 1.165) is 43.8 Å². The molecule has 25 heavy (non-hydrogen) atoms. The third kappa shape index (κ3) is 1.97. The lowest BCUT2D eigenvalue weighted by molar-refractivity contribution is -0.125. The fourth-order valence-electron chi connectivity index (χ4n) is 6.23. The van der Waals surface area contributed by atoms with Crippen molar-refractivity contribution in [3.63, 3.8) is 0 Å². The summed E-state index contributed by atoms with van der Waals surface area (Å²) in [6.07, 6.45) is 6.75. The van der Waals surface area contributed by atoms with Gasteiger partial charge in [0.05, 0.1) is 17.5 Å². The maximum atomic E-state index is 13.5. The summed E-state index contributed by atoms with van der Waals surface area (Å²) in [7, 11) is 0. The number of para-hydroxylation sites is 1. The number of amides is 2. The summed E-state index contributed by atoms with van der Waals surface area (Å²) in [4.78, 5) is 30.9. The van der Waals surface area contributed by atoms with Crippen LogP contribution in [0.1, 0.15) is 45.4 Å². The van der Waals surface area contributed by atoms with E-state index in [4.69, 9.17) is 0 Å². The van der Waals surface area contributed by atoms with Gasteiger partial charge in [0.2, 0.25) is 11.8 Å². The van der Waals surface area contributed by atoms with E-state index in [1.807, 2.05) is 30.3 Å². The number of hydrogen-bond acceptors (Lipinski definition) is 3. The molecule has 4 aliphatic rings. The highest BCUT2D eigenvalue weighted by atomic mass is 16.2. The van der Waals surface area contributed by atoms with Gasteiger partial charge in [-0.05, 0) is 63.1 Å². The Morgan fingerprint density at radius 1 is 1.00 bits per heavy atom. The van der Waals surface area contributed by atoms with Gasteiger partial charge in [0.25, 0.3) is 0 Å². The maximum absolute atomic E-state index is 13.5. The van der Waals surface area contributed by atoms with E-state index in [1.165, 1.54) is 17.7 Å². The van der Waals surface area contributed by atoms with Gasteiger partial charge < -0.3 is 0 Å². The van der Waals surface area contributed by atoms with E-state index < -0.39 is 0 Å². The number of imide groups is 1. The van der Waals surface area contributed by atoms with Gasteiger partial charge in [-0.15, -0.1) is 0 Å². The molecule has 1 aromatic rings. The molecule has 2 amide bonds. The average molecular weight is 338 g/mol. The second-order valence-electron chi connectivity index (χ2n) is 8.54. The predicted octanol–water partition coefficient (Wildman–Crippen LogP) is 3.22. The van der Waals surface area contributed by atoms with Gasteiger partial charge in [0, 0.05) is 11.6 Å². The van der Waals surface area contributed by atoms with Crippen molar-refractivity contribution in [2.45, 2.75) is 57.0 Å². The molecular formula is C21H26N2O2. The number of hydrogen-bond donors (Lipinski definition) is 0. The van der Waals surface area contributed by atoms with Gasteiger partial charge in [-0.2, -0.15) is 0 Å². The van der Waals surface area contributed by atoms with Crippen molar-refractivity contribution in [1.82, 2.24) is 4.90 Å². The molecule has 1 saturated carbocycles. The summed E-state index contributed by atoms with van der Waals surface area (Å²) in [6.45, 7) is 3.39. The Labute approximate surface area is 149 Å². The Morgan fingerprint density at radius 2 is 1.72 bits per heavy atom. The number of rotatable bonds is 1. The second-order valence-corrected chi connectivity index (χ2v) is 8.54. The van der Waals surface area contributed by atoms with Crippen LogP contribution >= 0.6 is 0 Å². The van der Waals surface area contributed by atoms with Crippen molar-refractivity contribution in [3.05, 3.63) is 30.3 Å².